The normalized spacial score (nSPS) is 10.3. The van der Waals surface area contributed by atoms with Crippen LogP contribution in [-0.2, 0) is 14.3 Å². The lowest BCUT2D eigenvalue weighted by atomic mass is 10.1. The molecule has 2 rings (SSSR count). The van der Waals surface area contributed by atoms with Crippen LogP contribution in [0.15, 0.2) is 36.4 Å². The number of fused-ring (bicyclic) bond motifs is 1. The van der Waals surface area contributed by atoms with Gasteiger partial charge in [0.15, 0.2) is 13.2 Å². The molecule has 0 aromatic heterocycles. The number of imide groups is 1. The zero-order chi connectivity index (χ0) is 19.6. The number of unbranched alkanes of at least 4 members (excludes halogenated alkanes) is 1. The highest BCUT2D eigenvalue weighted by atomic mass is 35.5. The van der Waals surface area contributed by atoms with Crippen molar-refractivity contribution in [3.8, 4) is 5.75 Å². The van der Waals surface area contributed by atoms with E-state index in [4.69, 9.17) is 21.1 Å². The molecule has 7 nitrogen and oxygen atoms in total. The van der Waals surface area contributed by atoms with E-state index < -0.39 is 24.5 Å². The van der Waals surface area contributed by atoms with E-state index in [9.17, 15) is 14.4 Å². The van der Waals surface area contributed by atoms with Gasteiger partial charge in [-0.15, -0.1) is 0 Å². The molecule has 0 saturated heterocycles. The molecule has 144 valence electrons. The van der Waals surface area contributed by atoms with Gasteiger partial charge < -0.3 is 14.8 Å². The second-order valence-electron chi connectivity index (χ2n) is 5.70. The van der Waals surface area contributed by atoms with Crippen LogP contribution >= 0.6 is 11.6 Å². The Morgan fingerprint density at radius 3 is 2.52 bits per heavy atom. The summed E-state index contributed by atoms with van der Waals surface area (Å²) in [6.07, 6.45) is 1.74. The number of nitrogens with one attached hydrogen (secondary N) is 2. The molecule has 0 aliphatic rings. The second-order valence-corrected chi connectivity index (χ2v) is 6.11. The van der Waals surface area contributed by atoms with Gasteiger partial charge in [0, 0.05) is 22.3 Å². The molecule has 0 radical (unpaired) electrons. The smallest absolute Gasteiger partial charge is 0.344 e. The van der Waals surface area contributed by atoms with Crippen molar-refractivity contribution < 1.29 is 23.9 Å². The first-order valence-corrected chi connectivity index (χ1v) is 8.92. The first-order chi connectivity index (χ1) is 13.0. The predicted molar refractivity (Wildman–Crippen MR) is 102 cm³/mol. The molecule has 0 aliphatic heterocycles. The molecule has 0 bridgehead atoms. The number of ether oxygens (including phenoxy) is 2. The van der Waals surface area contributed by atoms with Crippen LogP contribution in [0, 0.1) is 0 Å². The number of urea groups is 1. The van der Waals surface area contributed by atoms with E-state index in [-0.39, 0.29) is 6.61 Å². The van der Waals surface area contributed by atoms with Crippen molar-refractivity contribution in [2.45, 2.75) is 19.8 Å². The van der Waals surface area contributed by atoms with Gasteiger partial charge in [0.25, 0.3) is 5.91 Å². The van der Waals surface area contributed by atoms with Crippen LogP contribution in [0.5, 0.6) is 5.75 Å². The summed E-state index contributed by atoms with van der Waals surface area (Å²) in [5.41, 5.74) is 0. The second kappa shape index (κ2) is 10.4. The van der Waals surface area contributed by atoms with Crippen LogP contribution < -0.4 is 15.4 Å². The van der Waals surface area contributed by atoms with Gasteiger partial charge >= 0.3 is 12.0 Å². The lowest BCUT2D eigenvalue weighted by Crippen LogP contribution is -2.41. The maximum atomic E-state index is 11.8. The summed E-state index contributed by atoms with van der Waals surface area (Å²) in [7, 11) is 0. The minimum atomic E-state index is -0.726. The van der Waals surface area contributed by atoms with Crippen LogP contribution in [0.1, 0.15) is 19.8 Å². The minimum absolute atomic E-state index is 0.373. The SMILES string of the molecule is CCCCNC(=O)NC(=O)COC(=O)COc1ccc(Cl)c2ccccc12. The molecular weight excluding hydrogens is 372 g/mol. The van der Waals surface area contributed by atoms with E-state index >= 15 is 0 Å². The molecular formula is C19H21ClN2O5. The monoisotopic (exact) mass is 392 g/mol. The highest BCUT2D eigenvalue weighted by Gasteiger charge is 2.12. The lowest BCUT2D eigenvalue weighted by Gasteiger charge is -2.10. The van der Waals surface area contributed by atoms with Gasteiger partial charge in [-0.3, -0.25) is 10.1 Å². The topological polar surface area (TPSA) is 93.7 Å². The van der Waals surface area contributed by atoms with Crippen molar-refractivity contribution in [1.82, 2.24) is 10.6 Å². The van der Waals surface area contributed by atoms with Crippen LogP contribution in [0.2, 0.25) is 5.02 Å². The molecule has 0 spiro atoms. The van der Waals surface area contributed by atoms with Crippen molar-refractivity contribution in [1.29, 1.82) is 0 Å². The van der Waals surface area contributed by atoms with Crippen molar-refractivity contribution >= 4 is 40.3 Å². The fraction of sp³-hybridized carbons (Fsp3) is 0.316. The number of benzene rings is 2. The first kappa shape index (κ1) is 20.5. The molecule has 0 fully saturated rings. The maximum absolute atomic E-state index is 11.8. The summed E-state index contributed by atoms with van der Waals surface area (Å²) >= 11 is 6.13. The molecule has 2 aromatic rings. The first-order valence-electron chi connectivity index (χ1n) is 8.54. The molecule has 2 N–H and O–H groups in total. The largest absolute Gasteiger partial charge is 0.481 e. The van der Waals surface area contributed by atoms with Gasteiger partial charge in [0.05, 0.1) is 0 Å². The Kier molecular flexibility index (Phi) is 7.88. The van der Waals surface area contributed by atoms with Crippen LogP contribution in [0.25, 0.3) is 10.8 Å². The fourth-order valence-corrected chi connectivity index (χ4v) is 2.50. The summed E-state index contributed by atoms with van der Waals surface area (Å²) < 4.78 is 10.3. The highest BCUT2D eigenvalue weighted by molar-refractivity contribution is 6.35. The van der Waals surface area contributed by atoms with Gasteiger partial charge in [-0.2, -0.15) is 0 Å². The predicted octanol–water partition coefficient (Wildman–Crippen LogP) is 3.04. The molecule has 2 aromatic carbocycles. The minimum Gasteiger partial charge on any atom is -0.481 e. The molecule has 0 unspecified atom stereocenters. The van der Waals surface area contributed by atoms with Crippen molar-refractivity contribution in [2.24, 2.45) is 0 Å². The van der Waals surface area contributed by atoms with Crippen molar-refractivity contribution in [3.63, 3.8) is 0 Å². The third kappa shape index (κ3) is 6.45. The third-order valence-electron chi connectivity index (χ3n) is 3.61. The number of amides is 3. The van der Waals surface area contributed by atoms with Crippen molar-refractivity contribution in [3.05, 3.63) is 41.4 Å². The summed E-state index contributed by atoms with van der Waals surface area (Å²) in [4.78, 5) is 34.8. The van der Waals surface area contributed by atoms with Gasteiger partial charge in [-0.25, -0.2) is 9.59 Å². The Bertz CT molecular complexity index is 825. The Balaban J connectivity index is 1.78. The van der Waals surface area contributed by atoms with E-state index in [0.29, 0.717) is 17.3 Å². The Morgan fingerprint density at radius 2 is 1.78 bits per heavy atom. The fourth-order valence-electron chi connectivity index (χ4n) is 2.27. The Hall–Kier alpha value is -2.80. The maximum Gasteiger partial charge on any atom is 0.344 e. The average molecular weight is 393 g/mol. The van der Waals surface area contributed by atoms with Gasteiger partial charge in [-0.1, -0.05) is 49.2 Å². The average Bonchev–Trinajstić information content (AvgIpc) is 2.66. The molecule has 27 heavy (non-hydrogen) atoms. The van der Waals surface area contributed by atoms with E-state index in [1.165, 1.54) is 0 Å². The lowest BCUT2D eigenvalue weighted by molar-refractivity contribution is -0.150. The molecule has 3 amide bonds. The number of rotatable bonds is 8. The Morgan fingerprint density at radius 1 is 1.04 bits per heavy atom. The number of hydrogen-bond acceptors (Lipinski definition) is 5. The van der Waals surface area contributed by atoms with Crippen LogP contribution in [-0.4, -0.2) is 37.7 Å². The third-order valence-corrected chi connectivity index (χ3v) is 3.94. The van der Waals surface area contributed by atoms with Gasteiger partial charge in [0.2, 0.25) is 0 Å². The highest BCUT2D eigenvalue weighted by Crippen LogP contribution is 2.31. The van der Waals surface area contributed by atoms with E-state index in [2.05, 4.69) is 10.6 Å². The zero-order valence-corrected chi connectivity index (χ0v) is 15.7. The molecule has 0 heterocycles. The van der Waals surface area contributed by atoms with Crippen LogP contribution in [0.4, 0.5) is 4.79 Å². The van der Waals surface area contributed by atoms with E-state index in [0.717, 1.165) is 23.6 Å². The number of carbonyl (C=O) groups is 3. The molecule has 0 aliphatic carbocycles. The zero-order valence-electron chi connectivity index (χ0n) is 14.9. The van der Waals surface area contributed by atoms with Gasteiger partial charge in [0.1, 0.15) is 5.75 Å². The summed E-state index contributed by atoms with van der Waals surface area (Å²) in [6.45, 7) is 1.52. The number of carbonyl (C=O) groups excluding carboxylic acids is 3. The summed E-state index contributed by atoms with van der Waals surface area (Å²) in [5.74, 6) is -0.962. The summed E-state index contributed by atoms with van der Waals surface area (Å²) in [5, 5.41) is 6.75. The molecule has 8 heteroatoms. The van der Waals surface area contributed by atoms with Crippen molar-refractivity contribution in [2.75, 3.05) is 19.8 Å². The van der Waals surface area contributed by atoms with Crippen LogP contribution in [0.3, 0.4) is 0 Å². The number of hydrogen-bond donors (Lipinski definition) is 2. The van der Waals surface area contributed by atoms with E-state index in [1.807, 2.05) is 31.2 Å². The molecule has 0 atom stereocenters. The quantitative estimate of drug-likeness (QED) is 0.532. The standard InChI is InChI=1S/C19H21ClN2O5/c1-2-3-10-21-19(25)22-17(23)11-27-18(24)12-26-16-9-8-15(20)13-6-4-5-7-14(13)16/h4-9H,2-3,10-12H2,1H3,(H2,21,22,23,25). The molecule has 0 saturated carbocycles. The number of esters is 1. The van der Waals surface area contributed by atoms with Gasteiger partial charge in [-0.05, 0) is 18.6 Å². The number of halogens is 1. The van der Waals surface area contributed by atoms with E-state index in [1.54, 1.807) is 12.1 Å². The summed E-state index contributed by atoms with van der Waals surface area (Å²) in [6, 6.07) is 10.1. The Labute approximate surface area is 162 Å².